The Labute approximate surface area is 185 Å². The van der Waals surface area contributed by atoms with Gasteiger partial charge in [-0.15, -0.1) is 0 Å². The number of rotatable bonds is 6. The molecule has 3 aromatic rings. The summed E-state index contributed by atoms with van der Waals surface area (Å²) in [5.41, 5.74) is 1.80. The molecule has 4 rings (SSSR count). The van der Waals surface area contributed by atoms with Crippen molar-refractivity contribution in [3.63, 3.8) is 0 Å². The first-order valence-electron chi connectivity index (χ1n) is 10.8. The summed E-state index contributed by atoms with van der Waals surface area (Å²) in [6, 6.07) is 15.2. The number of methoxy groups -OCH3 is 1. The largest absolute Gasteiger partial charge is 0.497 e. The number of benzene rings is 2. The predicted octanol–water partition coefficient (Wildman–Crippen LogP) is 4.20. The lowest BCUT2D eigenvalue weighted by Crippen LogP contribution is -2.47. The van der Waals surface area contributed by atoms with E-state index in [0.29, 0.717) is 23.3 Å². The van der Waals surface area contributed by atoms with Gasteiger partial charge in [0.05, 0.1) is 17.5 Å². The average molecular weight is 442 g/mol. The highest BCUT2D eigenvalue weighted by Crippen LogP contribution is 2.34. The van der Waals surface area contributed by atoms with E-state index in [2.05, 4.69) is 36.8 Å². The molecule has 0 unspecified atom stereocenters. The molecule has 0 N–H and O–H groups in total. The molecule has 1 fully saturated rings. The third-order valence-electron chi connectivity index (χ3n) is 6.21. The lowest BCUT2D eigenvalue weighted by Gasteiger charge is -2.41. The minimum absolute atomic E-state index is 0.243. The van der Waals surface area contributed by atoms with E-state index in [4.69, 9.17) is 4.74 Å². The van der Waals surface area contributed by atoms with Crippen LogP contribution in [0.15, 0.2) is 59.6 Å². The molecule has 0 spiro atoms. The normalized spacial score (nSPS) is 16.2. The van der Waals surface area contributed by atoms with E-state index in [1.165, 1.54) is 3.97 Å². The van der Waals surface area contributed by atoms with Crippen LogP contribution in [0, 0.1) is 0 Å². The summed E-state index contributed by atoms with van der Waals surface area (Å²) < 4.78 is 33.3. The number of hydrogen-bond donors (Lipinski definition) is 0. The van der Waals surface area contributed by atoms with Gasteiger partial charge >= 0.3 is 0 Å². The third kappa shape index (κ3) is 4.04. The van der Waals surface area contributed by atoms with Crippen molar-refractivity contribution < 1.29 is 13.2 Å². The van der Waals surface area contributed by atoms with Crippen molar-refractivity contribution in [3.05, 3.63) is 54.7 Å². The first kappa shape index (κ1) is 21.7. The van der Waals surface area contributed by atoms with Gasteiger partial charge in [0.2, 0.25) is 0 Å². The van der Waals surface area contributed by atoms with Gasteiger partial charge in [-0.25, -0.2) is 12.4 Å². The average Bonchev–Trinajstić information content (AvgIpc) is 3.21. The van der Waals surface area contributed by atoms with Crippen LogP contribution in [0.25, 0.3) is 10.9 Å². The zero-order valence-corrected chi connectivity index (χ0v) is 19.5. The number of anilines is 1. The topological polar surface area (TPSA) is 54.8 Å². The van der Waals surface area contributed by atoms with Gasteiger partial charge in [-0.1, -0.05) is 6.07 Å². The van der Waals surface area contributed by atoms with Gasteiger partial charge < -0.3 is 14.5 Å². The van der Waals surface area contributed by atoms with Crippen molar-refractivity contribution in [2.24, 2.45) is 0 Å². The summed E-state index contributed by atoms with van der Waals surface area (Å²) in [6.45, 7) is 6.58. The number of hydrogen-bond acceptors (Lipinski definition) is 5. The van der Waals surface area contributed by atoms with Crippen LogP contribution in [-0.4, -0.2) is 56.6 Å². The van der Waals surface area contributed by atoms with E-state index in [0.717, 1.165) is 37.0 Å². The Morgan fingerprint density at radius 1 is 1.03 bits per heavy atom. The predicted molar refractivity (Wildman–Crippen MR) is 126 cm³/mol. The van der Waals surface area contributed by atoms with Crippen molar-refractivity contribution in [1.82, 2.24) is 8.87 Å². The van der Waals surface area contributed by atoms with Gasteiger partial charge in [-0.3, -0.25) is 0 Å². The standard InChI is InChI=1S/C24H31N3O3S/c1-18(2)27(19-12-15-25(3)16-13-19)24-7-5-6-23-22(24)14-17-26(23)31(28,29)21-10-8-20(30-4)9-11-21/h5-11,14,17-19H,12-13,15-16H2,1-4H3. The number of nitrogens with zero attached hydrogens (tertiary/aromatic N) is 3. The number of aromatic nitrogens is 1. The molecule has 0 radical (unpaired) electrons. The molecule has 31 heavy (non-hydrogen) atoms. The number of piperidine rings is 1. The molecule has 166 valence electrons. The Kier molecular flexibility index (Phi) is 5.99. The highest BCUT2D eigenvalue weighted by Gasteiger charge is 2.28. The molecule has 0 aliphatic carbocycles. The number of fused-ring (bicyclic) bond motifs is 1. The fourth-order valence-electron chi connectivity index (χ4n) is 4.59. The van der Waals surface area contributed by atoms with Gasteiger partial charge in [-0.2, -0.15) is 0 Å². The summed E-state index contributed by atoms with van der Waals surface area (Å²) in [5.74, 6) is 0.629. The molecule has 0 atom stereocenters. The molecule has 2 aromatic carbocycles. The van der Waals surface area contributed by atoms with Crippen LogP contribution < -0.4 is 9.64 Å². The van der Waals surface area contributed by atoms with E-state index in [1.54, 1.807) is 37.6 Å². The monoisotopic (exact) mass is 441 g/mol. The van der Waals surface area contributed by atoms with Crippen LogP contribution in [0.4, 0.5) is 5.69 Å². The van der Waals surface area contributed by atoms with E-state index < -0.39 is 10.0 Å². The van der Waals surface area contributed by atoms with Crippen LogP contribution in [0.5, 0.6) is 5.75 Å². The van der Waals surface area contributed by atoms with E-state index in [9.17, 15) is 8.42 Å². The van der Waals surface area contributed by atoms with Crippen molar-refractivity contribution in [3.8, 4) is 5.75 Å². The highest BCUT2D eigenvalue weighted by atomic mass is 32.2. The minimum Gasteiger partial charge on any atom is -0.497 e. The van der Waals surface area contributed by atoms with Crippen LogP contribution in [0.1, 0.15) is 26.7 Å². The molecule has 0 amide bonds. The second-order valence-corrected chi connectivity index (χ2v) is 10.4. The van der Waals surface area contributed by atoms with Gasteiger partial charge in [0.1, 0.15) is 5.75 Å². The molecule has 0 bridgehead atoms. The van der Waals surface area contributed by atoms with Gasteiger partial charge in [-0.05, 0) is 89.3 Å². The highest BCUT2D eigenvalue weighted by molar-refractivity contribution is 7.90. The lowest BCUT2D eigenvalue weighted by molar-refractivity contribution is 0.246. The molecule has 0 saturated carbocycles. The van der Waals surface area contributed by atoms with Crippen molar-refractivity contribution in [2.45, 2.75) is 43.7 Å². The SMILES string of the molecule is COc1ccc(S(=O)(=O)n2ccc3c(N(C(C)C)C4CCN(C)CC4)cccc32)cc1. The van der Waals surface area contributed by atoms with E-state index in [-0.39, 0.29) is 4.90 Å². The maximum Gasteiger partial charge on any atom is 0.268 e. The van der Waals surface area contributed by atoms with Gasteiger partial charge in [0.15, 0.2) is 0 Å². The molecule has 1 saturated heterocycles. The lowest BCUT2D eigenvalue weighted by atomic mass is 10.00. The Bertz CT molecular complexity index is 1140. The van der Waals surface area contributed by atoms with Crippen LogP contribution in [-0.2, 0) is 10.0 Å². The number of ether oxygens (including phenoxy) is 1. The molecular formula is C24H31N3O3S. The maximum absolute atomic E-state index is 13.4. The molecule has 1 aliphatic heterocycles. The Morgan fingerprint density at radius 2 is 1.71 bits per heavy atom. The van der Waals surface area contributed by atoms with Crippen molar-refractivity contribution in [2.75, 3.05) is 32.1 Å². The van der Waals surface area contributed by atoms with E-state index >= 15 is 0 Å². The van der Waals surface area contributed by atoms with E-state index in [1.807, 2.05) is 18.2 Å². The van der Waals surface area contributed by atoms with Crippen molar-refractivity contribution in [1.29, 1.82) is 0 Å². The summed E-state index contributed by atoms with van der Waals surface area (Å²) >= 11 is 0. The summed E-state index contributed by atoms with van der Waals surface area (Å²) in [6.07, 6.45) is 3.88. The maximum atomic E-state index is 13.4. The Morgan fingerprint density at radius 3 is 2.32 bits per heavy atom. The van der Waals surface area contributed by atoms with Gasteiger partial charge in [0.25, 0.3) is 10.0 Å². The summed E-state index contributed by atoms with van der Waals surface area (Å²) in [4.78, 5) is 5.08. The molecule has 1 aliphatic rings. The summed E-state index contributed by atoms with van der Waals surface area (Å²) in [5, 5.41) is 0.965. The first-order valence-corrected chi connectivity index (χ1v) is 12.2. The smallest absolute Gasteiger partial charge is 0.268 e. The van der Waals surface area contributed by atoms with Gasteiger partial charge in [0, 0.05) is 29.4 Å². The second kappa shape index (κ2) is 8.55. The second-order valence-electron chi connectivity index (χ2n) is 8.54. The molecule has 6 nitrogen and oxygen atoms in total. The Hall–Kier alpha value is -2.51. The zero-order chi connectivity index (χ0) is 22.2. The van der Waals surface area contributed by atoms with Crippen LogP contribution in [0.2, 0.25) is 0 Å². The quantitative estimate of drug-likeness (QED) is 0.574. The molecular weight excluding hydrogens is 410 g/mol. The van der Waals surface area contributed by atoms with Crippen molar-refractivity contribution >= 4 is 26.6 Å². The third-order valence-corrected chi connectivity index (χ3v) is 7.91. The molecule has 1 aromatic heterocycles. The number of likely N-dealkylation sites (tertiary alicyclic amines) is 1. The Balaban J connectivity index is 1.77. The van der Waals surface area contributed by atoms with Crippen LogP contribution in [0.3, 0.4) is 0 Å². The summed E-state index contributed by atoms with van der Waals surface area (Å²) in [7, 11) is 0.0261. The fourth-order valence-corrected chi connectivity index (χ4v) is 5.94. The fraction of sp³-hybridized carbons (Fsp3) is 0.417. The first-order chi connectivity index (χ1) is 14.8. The molecule has 7 heteroatoms. The minimum atomic E-state index is -3.71. The molecule has 2 heterocycles. The zero-order valence-electron chi connectivity index (χ0n) is 18.7. The van der Waals surface area contributed by atoms with Crippen LogP contribution >= 0.6 is 0 Å².